The van der Waals surface area contributed by atoms with Crippen LogP contribution in [0.25, 0.3) is 0 Å². The van der Waals surface area contributed by atoms with E-state index in [2.05, 4.69) is 5.32 Å². The van der Waals surface area contributed by atoms with Crippen LogP contribution in [0, 0.1) is 6.92 Å². The maximum atomic E-state index is 12.5. The van der Waals surface area contributed by atoms with E-state index < -0.39 is 11.7 Å². The molecule has 0 saturated carbocycles. The molecule has 4 nitrogen and oxygen atoms in total. The van der Waals surface area contributed by atoms with Crippen molar-refractivity contribution in [3.8, 4) is 11.5 Å². The van der Waals surface area contributed by atoms with Gasteiger partial charge in [-0.2, -0.15) is 13.2 Å². The second kappa shape index (κ2) is 8.31. The third-order valence-corrected chi connectivity index (χ3v) is 3.79. The summed E-state index contributed by atoms with van der Waals surface area (Å²) in [5, 5.41) is 12.2. The average Bonchev–Trinajstić information content (AvgIpc) is 2.52. The molecule has 0 aromatic heterocycles. The Bertz CT molecular complexity index is 753. The van der Waals surface area contributed by atoms with Crippen LogP contribution in [0.1, 0.15) is 24.0 Å². The van der Waals surface area contributed by atoms with Crippen molar-refractivity contribution in [2.24, 2.45) is 0 Å². The first-order valence-corrected chi connectivity index (χ1v) is 8.13. The summed E-state index contributed by atoms with van der Waals surface area (Å²) in [6.45, 7) is 1.96. The highest BCUT2D eigenvalue weighted by atomic mass is 35.5. The van der Waals surface area contributed by atoms with Crippen molar-refractivity contribution in [1.29, 1.82) is 0 Å². The van der Waals surface area contributed by atoms with E-state index in [4.69, 9.17) is 16.3 Å². The lowest BCUT2D eigenvalue weighted by Gasteiger charge is -2.12. The first kappa shape index (κ1) is 19.9. The Balaban J connectivity index is 1.79. The number of phenolic OH excluding ortho intramolecular Hbond substituents is 1. The van der Waals surface area contributed by atoms with Crippen LogP contribution in [0.3, 0.4) is 0 Å². The highest BCUT2D eigenvalue weighted by molar-refractivity contribution is 6.32. The average molecular weight is 388 g/mol. The molecule has 0 aliphatic heterocycles. The van der Waals surface area contributed by atoms with Gasteiger partial charge in [0, 0.05) is 18.2 Å². The van der Waals surface area contributed by atoms with Crippen LogP contribution in [0.15, 0.2) is 36.4 Å². The predicted octanol–water partition coefficient (Wildman–Crippen LogP) is 5.17. The SMILES string of the molecule is Cc1cc(O)cc(Cl)c1OCCCC(=O)Nc1ccc(C(F)(F)F)cc1. The third-order valence-electron chi connectivity index (χ3n) is 3.50. The standard InChI is InChI=1S/C18H17ClF3NO3/c1-11-9-14(24)10-15(19)17(11)26-8-2-3-16(25)23-13-6-4-12(5-7-13)18(20,21)22/h4-7,9-10,24H,2-3,8H2,1H3,(H,23,25). The smallest absolute Gasteiger partial charge is 0.416 e. The zero-order valence-electron chi connectivity index (χ0n) is 13.9. The number of phenols is 1. The van der Waals surface area contributed by atoms with Crippen molar-refractivity contribution in [3.05, 3.63) is 52.5 Å². The number of amides is 1. The normalized spacial score (nSPS) is 11.3. The van der Waals surface area contributed by atoms with E-state index in [0.717, 1.165) is 12.1 Å². The number of carbonyl (C=O) groups is 1. The molecular weight excluding hydrogens is 371 g/mol. The monoisotopic (exact) mass is 387 g/mol. The van der Waals surface area contributed by atoms with Gasteiger partial charge in [0.15, 0.2) is 0 Å². The van der Waals surface area contributed by atoms with Crippen molar-refractivity contribution in [2.75, 3.05) is 11.9 Å². The van der Waals surface area contributed by atoms with Crippen LogP contribution in [-0.4, -0.2) is 17.6 Å². The van der Waals surface area contributed by atoms with E-state index in [9.17, 15) is 23.1 Å². The van der Waals surface area contributed by atoms with E-state index in [1.165, 1.54) is 24.3 Å². The highest BCUT2D eigenvalue weighted by Gasteiger charge is 2.29. The molecule has 2 N–H and O–H groups in total. The molecule has 2 aromatic rings. The highest BCUT2D eigenvalue weighted by Crippen LogP contribution is 2.32. The number of hydrogen-bond donors (Lipinski definition) is 2. The number of anilines is 1. The molecular formula is C18H17ClF3NO3. The Labute approximate surface area is 153 Å². The number of halogens is 4. The van der Waals surface area contributed by atoms with Gasteiger partial charge in [-0.3, -0.25) is 4.79 Å². The molecule has 0 atom stereocenters. The third kappa shape index (κ3) is 5.56. The van der Waals surface area contributed by atoms with Crippen molar-refractivity contribution in [1.82, 2.24) is 0 Å². The van der Waals surface area contributed by atoms with Crippen LogP contribution in [0.5, 0.6) is 11.5 Å². The van der Waals surface area contributed by atoms with Gasteiger partial charge in [0.2, 0.25) is 5.91 Å². The number of rotatable bonds is 6. The Morgan fingerprint density at radius 1 is 1.23 bits per heavy atom. The van der Waals surface area contributed by atoms with Gasteiger partial charge in [0.25, 0.3) is 0 Å². The summed E-state index contributed by atoms with van der Waals surface area (Å²) in [5.41, 5.74) is 0.190. The maximum Gasteiger partial charge on any atom is 0.416 e. The number of alkyl halides is 3. The Kier molecular flexibility index (Phi) is 6.37. The summed E-state index contributed by atoms with van der Waals surface area (Å²) in [5.74, 6) is 0.144. The molecule has 2 rings (SSSR count). The predicted molar refractivity (Wildman–Crippen MR) is 92.7 cm³/mol. The summed E-state index contributed by atoms with van der Waals surface area (Å²) >= 11 is 5.98. The first-order chi connectivity index (χ1) is 12.2. The number of aryl methyl sites for hydroxylation is 1. The Morgan fingerprint density at radius 3 is 2.46 bits per heavy atom. The van der Waals surface area contributed by atoms with E-state index in [0.29, 0.717) is 23.4 Å². The minimum absolute atomic E-state index is 0.0377. The van der Waals surface area contributed by atoms with Gasteiger partial charge in [-0.15, -0.1) is 0 Å². The number of benzene rings is 2. The van der Waals surface area contributed by atoms with Crippen LogP contribution in [0.2, 0.25) is 5.02 Å². The summed E-state index contributed by atoms with van der Waals surface area (Å²) in [6.07, 6.45) is -3.88. The second-order valence-electron chi connectivity index (χ2n) is 5.65. The maximum absolute atomic E-state index is 12.5. The summed E-state index contributed by atoms with van der Waals surface area (Å²) in [6, 6.07) is 7.11. The van der Waals surface area contributed by atoms with Crippen molar-refractivity contribution >= 4 is 23.2 Å². The minimum Gasteiger partial charge on any atom is -0.508 e. The van der Waals surface area contributed by atoms with E-state index in [1.807, 2.05) is 0 Å². The molecule has 140 valence electrons. The molecule has 0 radical (unpaired) electrons. The molecule has 0 unspecified atom stereocenters. The topological polar surface area (TPSA) is 58.6 Å². The first-order valence-electron chi connectivity index (χ1n) is 7.76. The van der Waals surface area contributed by atoms with E-state index in [-0.39, 0.29) is 29.7 Å². The zero-order chi connectivity index (χ0) is 19.3. The Hall–Kier alpha value is -2.41. The summed E-state index contributed by atoms with van der Waals surface area (Å²) in [4.78, 5) is 11.8. The lowest BCUT2D eigenvalue weighted by molar-refractivity contribution is -0.137. The Morgan fingerprint density at radius 2 is 1.88 bits per heavy atom. The molecule has 0 aliphatic carbocycles. The molecule has 0 aliphatic rings. The molecule has 2 aromatic carbocycles. The van der Waals surface area contributed by atoms with Gasteiger partial charge in [-0.05, 0) is 49.2 Å². The van der Waals surface area contributed by atoms with Gasteiger partial charge in [0.05, 0.1) is 17.2 Å². The molecule has 8 heteroatoms. The molecule has 26 heavy (non-hydrogen) atoms. The number of hydrogen-bond acceptors (Lipinski definition) is 3. The number of carbonyl (C=O) groups excluding carboxylic acids is 1. The van der Waals surface area contributed by atoms with Gasteiger partial charge < -0.3 is 15.2 Å². The number of ether oxygens (including phenoxy) is 1. The molecule has 0 bridgehead atoms. The van der Waals surface area contributed by atoms with Gasteiger partial charge in [-0.1, -0.05) is 11.6 Å². The molecule has 0 spiro atoms. The van der Waals surface area contributed by atoms with E-state index >= 15 is 0 Å². The molecule has 0 heterocycles. The summed E-state index contributed by atoms with van der Waals surface area (Å²) in [7, 11) is 0. The lowest BCUT2D eigenvalue weighted by Crippen LogP contribution is -2.13. The largest absolute Gasteiger partial charge is 0.508 e. The van der Waals surface area contributed by atoms with Crippen molar-refractivity contribution in [3.63, 3.8) is 0 Å². The van der Waals surface area contributed by atoms with Gasteiger partial charge >= 0.3 is 6.18 Å². The van der Waals surface area contributed by atoms with Crippen LogP contribution in [-0.2, 0) is 11.0 Å². The van der Waals surface area contributed by atoms with Gasteiger partial charge in [0.1, 0.15) is 11.5 Å². The lowest BCUT2D eigenvalue weighted by atomic mass is 10.2. The number of nitrogens with one attached hydrogen (secondary N) is 1. The zero-order valence-corrected chi connectivity index (χ0v) is 14.6. The number of aromatic hydroxyl groups is 1. The molecule has 0 saturated heterocycles. The fourth-order valence-corrected chi connectivity index (χ4v) is 2.58. The summed E-state index contributed by atoms with van der Waals surface area (Å²) < 4.78 is 43.0. The van der Waals surface area contributed by atoms with Crippen molar-refractivity contribution in [2.45, 2.75) is 25.9 Å². The molecule has 1 amide bonds. The van der Waals surface area contributed by atoms with Crippen molar-refractivity contribution < 1.29 is 27.8 Å². The van der Waals surface area contributed by atoms with Crippen LogP contribution < -0.4 is 10.1 Å². The van der Waals surface area contributed by atoms with Gasteiger partial charge in [-0.25, -0.2) is 0 Å². The fraction of sp³-hybridized carbons (Fsp3) is 0.278. The quantitative estimate of drug-likeness (QED) is 0.672. The van der Waals surface area contributed by atoms with Crippen LogP contribution >= 0.6 is 11.6 Å². The fourth-order valence-electron chi connectivity index (χ4n) is 2.27. The minimum atomic E-state index is -4.41. The second-order valence-corrected chi connectivity index (χ2v) is 6.06. The molecule has 0 fully saturated rings. The van der Waals surface area contributed by atoms with E-state index in [1.54, 1.807) is 6.92 Å². The van der Waals surface area contributed by atoms with Crippen LogP contribution in [0.4, 0.5) is 18.9 Å².